The molecule has 2 aliphatic carbocycles. The van der Waals surface area contributed by atoms with Gasteiger partial charge in [0.15, 0.2) is 0 Å². The molecule has 8 heteroatoms. The van der Waals surface area contributed by atoms with Gasteiger partial charge in [0, 0.05) is 24.8 Å². The van der Waals surface area contributed by atoms with E-state index >= 15 is 0 Å². The summed E-state index contributed by atoms with van der Waals surface area (Å²) in [4.78, 5) is 18.0. The highest BCUT2D eigenvalue weighted by atomic mass is 32.2. The summed E-state index contributed by atoms with van der Waals surface area (Å²) in [5.74, 6) is 0.927. The summed E-state index contributed by atoms with van der Waals surface area (Å²) in [6, 6.07) is 13.5. The summed E-state index contributed by atoms with van der Waals surface area (Å²) in [5.41, 5.74) is 2.22. The third-order valence-corrected chi connectivity index (χ3v) is 8.95. The Labute approximate surface area is 200 Å². The maximum Gasteiger partial charge on any atom is 0.240 e. The predicted molar refractivity (Wildman–Crippen MR) is 129 cm³/mol. The quantitative estimate of drug-likeness (QED) is 0.676. The van der Waals surface area contributed by atoms with E-state index in [0.29, 0.717) is 13.0 Å². The molecule has 0 saturated heterocycles. The Kier molecular flexibility index (Phi) is 6.53. The minimum atomic E-state index is -3.51. The van der Waals surface area contributed by atoms with Gasteiger partial charge in [-0.2, -0.15) is 0 Å². The molecule has 6 nitrogen and oxygen atoms in total. The Morgan fingerprint density at radius 3 is 2.56 bits per heavy atom. The van der Waals surface area contributed by atoms with Crippen LogP contribution in [0.25, 0.3) is 0 Å². The Balaban J connectivity index is 1.11. The molecule has 0 spiro atoms. The number of sulfonamides is 1. The predicted octanol–water partition coefficient (Wildman–Crippen LogP) is 3.93. The first-order chi connectivity index (χ1) is 16.4. The van der Waals surface area contributed by atoms with Crippen LogP contribution >= 0.6 is 0 Å². The van der Waals surface area contributed by atoms with E-state index in [-0.39, 0.29) is 40.4 Å². The van der Waals surface area contributed by atoms with E-state index in [1.807, 2.05) is 6.07 Å². The molecular weight excluding hydrogens is 453 g/mol. The third kappa shape index (κ3) is 4.93. The van der Waals surface area contributed by atoms with Gasteiger partial charge >= 0.3 is 0 Å². The number of aliphatic imine (C=N–C) groups is 1. The smallest absolute Gasteiger partial charge is 0.240 e. The second kappa shape index (κ2) is 9.58. The number of carbonyl (C=O) groups is 1. The number of nitrogens with one attached hydrogen (secondary N) is 2. The van der Waals surface area contributed by atoms with Gasteiger partial charge in [-0.15, -0.1) is 0 Å². The highest BCUT2D eigenvalue weighted by Gasteiger charge is 2.36. The van der Waals surface area contributed by atoms with Crippen molar-refractivity contribution in [2.75, 3.05) is 6.54 Å². The van der Waals surface area contributed by atoms with Crippen molar-refractivity contribution >= 4 is 21.8 Å². The van der Waals surface area contributed by atoms with Crippen LogP contribution in [0.2, 0.25) is 0 Å². The van der Waals surface area contributed by atoms with Crippen LogP contribution in [0.1, 0.15) is 55.6 Å². The molecule has 2 aromatic rings. The molecule has 0 aromatic heterocycles. The van der Waals surface area contributed by atoms with E-state index in [1.165, 1.54) is 6.07 Å². The van der Waals surface area contributed by atoms with E-state index in [2.05, 4.69) is 10.0 Å². The van der Waals surface area contributed by atoms with Crippen LogP contribution in [-0.2, 0) is 21.2 Å². The van der Waals surface area contributed by atoms with Gasteiger partial charge < -0.3 is 5.32 Å². The molecule has 2 atom stereocenters. The summed E-state index contributed by atoms with van der Waals surface area (Å²) in [6.07, 6.45) is 5.49. The summed E-state index contributed by atoms with van der Waals surface area (Å²) < 4.78 is 41.2. The number of hydrogen-bond donors (Lipinski definition) is 2. The average Bonchev–Trinajstić information content (AvgIpc) is 3.26. The van der Waals surface area contributed by atoms with E-state index in [0.717, 1.165) is 55.5 Å². The van der Waals surface area contributed by atoms with Gasteiger partial charge in [0.25, 0.3) is 0 Å². The van der Waals surface area contributed by atoms with Crippen molar-refractivity contribution in [1.29, 1.82) is 0 Å². The van der Waals surface area contributed by atoms with Gasteiger partial charge in [0.1, 0.15) is 11.7 Å². The van der Waals surface area contributed by atoms with Crippen molar-refractivity contribution in [3.05, 3.63) is 65.5 Å². The van der Waals surface area contributed by atoms with Crippen LogP contribution < -0.4 is 10.0 Å². The molecule has 34 heavy (non-hydrogen) atoms. The SMILES string of the molecule is O=C(NC1=NC2CCc3cc(F)ccc3C2C1)C1CCC(CNS(=O)(=O)c2ccccc2)CC1. The Hall–Kier alpha value is -2.58. The van der Waals surface area contributed by atoms with Crippen LogP contribution in [0, 0.1) is 17.7 Å². The lowest BCUT2D eigenvalue weighted by Crippen LogP contribution is -2.38. The first kappa shape index (κ1) is 23.2. The molecule has 2 N–H and O–H groups in total. The molecule has 5 rings (SSSR count). The van der Waals surface area contributed by atoms with Crippen LogP contribution in [-0.4, -0.2) is 32.7 Å². The van der Waals surface area contributed by atoms with Crippen molar-refractivity contribution in [3.63, 3.8) is 0 Å². The average molecular weight is 484 g/mol. The van der Waals surface area contributed by atoms with Crippen molar-refractivity contribution < 1.29 is 17.6 Å². The molecule has 3 aliphatic rings. The molecule has 2 unspecified atom stereocenters. The van der Waals surface area contributed by atoms with Crippen LogP contribution in [0.15, 0.2) is 58.4 Å². The summed E-state index contributed by atoms with van der Waals surface area (Å²) in [7, 11) is -3.51. The fraction of sp³-hybridized carbons (Fsp3) is 0.462. The zero-order valence-corrected chi connectivity index (χ0v) is 19.9. The van der Waals surface area contributed by atoms with E-state index in [4.69, 9.17) is 4.99 Å². The number of fused-ring (bicyclic) bond motifs is 3. The highest BCUT2D eigenvalue weighted by Crippen LogP contribution is 2.40. The molecule has 1 aliphatic heterocycles. The number of carbonyl (C=O) groups excluding carboxylic acids is 1. The number of halogens is 1. The van der Waals surface area contributed by atoms with Crippen molar-refractivity contribution in [1.82, 2.24) is 10.0 Å². The lowest BCUT2D eigenvalue weighted by Gasteiger charge is -2.28. The number of aryl methyl sites for hydroxylation is 1. The molecule has 1 saturated carbocycles. The van der Waals surface area contributed by atoms with E-state index in [1.54, 1.807) is 36.4 Å². The number of benzene rings is 2. The van der Waals surface area contributed by atoms with Gasteiger partial charge in [-0.1, -0.05) is 24.3 Å². The molecule has 0 radical (unpaired) electrons. The second-order valence-electron chi connectivity index (χ2n) is 9.71. The van der Waals surface area contributed by atoms with Crippen LogP contribution in [0.5, 0.6) is 0 Å². The molecule has 1 fully saturated rings. The third-order valence-electron chi connectivity index (χ3n) is 7.51. The Morgan fingerprint density at radius 1 is 1.03 bits per heavy atom. The largest absolute Gasteiger partial charge is 0.314 e. The van der Waals surface area contributed by atoms with Gasteiger partial charge in [0.05, 0.1) is 10.9 Å². The number of rotatable bonds is 5. The lowest BCUT2D eigenvalue weighted by atomic mass is 9.79. The summed E-state index contributed by atoms with van der Waals surface area (Å²) in [5, 5.41) is 3.07. The summed E-state index contributed by atoms with van der Waals surface area (Å²) >= 11 is 0. The van der Waals surface area contributed by atoms with Gasteiger partial charge in [-0.3, -0.25) is 9.79 Å². The minimum Gasteiger partial charge on any atom is -0.314 e. The van der Waals surface area contributed by atoms with Gasteiger partial charge in [0.2, 0.25) is 15.9 Å². The normalized spacial score (nSPS) is 26.3. The number of hydrogen-bond acceptors (Lipinski definition) is 4. The zero-order valence-electron chi connectivity index (χ0n) is 19.0. The fourth-order valence-corrected chi connectivity index (χ4v) is 6.73. The molecule has 180 valence electrons. The van der Waals surface area contributed by atoms with E-state index < -0.39 is 10.0 Å². The van der Waals surface area contributed by atoms with Crippen LogP contribution in [0.4, 0.5) is 4.39 Å². The van der Waals surface area contributed by atoms with Gasteiger partial charge in [-0.25, -0.2) is 17.5 Å². The number of amides is 1. The molecule has 2 aromatic carbocycles. The number of nitrogens with zero attached hydrogens (tertiary/aromatic N) is 1. The molecule has 1 heterocycles. The van der Waals surface area contributed by atoms with Crippen molar-refractivity contribution in [3.8, 4) is 0 Å². The highest BCUT2D eigenvalue weighted by molar-refractivity contribution is 7.89. The maximum atomic E-state index is 13.6. The first-order valence-electron chi connectivity index (χ1n) is 12.1. The standard InChI is InChI=1S/C26H30FN3O3S/c27-20-11-12-22-19(14-20)10-13-24-23(22)15-25(29-24)30-26(31)18-8-6-17(7-9-18)16-28-34(32,33)21-4-2-1-3-5-21/h1-5,11-12,14,17-18,23-24,28H,6-10,13,15-16H2,(H,29,30,31). The lowest BCUT2D eigenvalue weighted by molar-refractivity contribution is -0.124. The topological polar surface area (TPSA) is 87.6 Å². The Bertz CT molecular complexity index is 1190. The first-order valence-corrected chi connectivity index (χ1v) is 13.6. The molecular formula is C26H30FN3O3S. The van der Waals surface area contributed by atoms with Gasteiger partial charge in [-0.05, 0) is 79.8 Å². The molecule has 0 bridgehead atoms. The van der Waals surface area contributed by atoms with Crippen molar-refractivity contribution in [2.24, 2.45) is 16.8 Å². The molecule has 1 amide bonds. The van der Waals surface area contributed by atoms with Crippen LogP contribution in [0.3, 0.4) is 0 Å². The fourth-order valence-electron chi connectivity index (χ4n) is 5.59. The number of amidine groups is 1. The maximum absolute atomic E-state index is 13.6. The minimum absolute atomic E-state index is 0.0139. The summed E-state index contributed by atoms with van der Waals surface area (Å²) in [6.45, 7) is 0.391. The second-order valence-corrected chi connectivity index (χ2v) is 11.5. The Morgan fingerprint density at radius 2 is 1.79 bits per heavy atom. The monoisotopic (exact) mass is 483 g/mol. The van der Waals surface area contributed by atoms with Crippen molar-refractivity contribution in [2.45, 2.75) is 61.8 Å². The zero-order chi connectivity index (χ0) is 23.7. The van der Waals surface area contributed by atoms with E-state index in [9.17, 15) is 17.6 Å².